The molecule has 1 aliphatic heterocycles. The fraction of sp³-hybridized carbons (Fsp3) is 0.538. The largest absolute Gasteiger partial charge is 0.466 e. The van der Waals surface area contributed by atoms with Crippen LogP contribution in [0.5, 0.6) is 0 Å². The highest BCUT2D eigenvalue weighted by Crippen LogP contribution is 2.20. The van der Waals surface area contributed by atoms with Crippen LogP contribution in [0, 0.1) is 0 Å². The van der Waals surface area contributed by atoms with E-state index in [1.165, 1.54) is 5.56 Å². The number of anilines is 1. The average Bonchev–Trinajstić information content (AvgIpc) is 2.36. The van der Waals surface area contributed by atoms with Crippen molar-refractivity contribution >= 4 is 11.8 Å². The van der Waals surface area contributed by atoms with Gasteiger partial charge in [0.15, 0.2) is 0 Å². The summed E-state index contributed by atoms with van der Waals surface area (Å²) in [4.78, 5) is 15.8. The molecule has 4 nitrogen and oxygen atoms in total. The maximum Gasteiger partial charge on any atom is 0.306 e. The van der Waals surface area contributed by atoms with Crippen LogP contribution in [0.15, 0.2) is 12.1 Å². The van der Waals surface area contributed by atoms with Crippen molar-refractivity contribution in [3.63, 3.8) is 0 Å². The fourth-order valence-corrected chi connectivity index (χ4v) is 1.97. The SMILES string of the molecule is CCOC(=O)CCc1ccc2c(n1)NCCC2. The molecule has 0 amide bonds. The Kier molecular flexibility index (Phi) is 3.96. The van der Waals surface area contributed by atoms with Crippen LogP contribution in [0.25, 0.3) is 0 Å². The molecule has 0 unspecified atom stereocenters. The number of aromatic nitrogens is 1. The van der Waals surface area contributed by atoms with E-state index in [1.54, 1.807) is 0 Å². The molecule has 0 radical (unpaired) electrons. The Morgan fingerprint density at radius 2 is 2.41 bits per heavy atom. The molecular weight excluding hydrogens is 216 g/mol. The van der Waals surface area contributed by atoms with Crippen LogP contribution in [0.1, 0.15) is 31.0 Å². The molecule has 0 aromatic carbocycles. The minimum absolute atomic E-state index is 0.153. The van der Waals surface area contributed by atoms with Crippen molar-refractivity contribution in [3.05, 3.63) is 23.4 Å². The molecule has 0 saturated heterocycles. The van der Waals surface area contributed by atoms with Crippen LogP contribution in [0.4, 0.5) is 5.82 Å². The summed E-state index contributed by atoms with van der Waals surface area (Å²) in [5, 5.41) is 3.29. The van der Waals surface area contributed by atoms with Crippen molar-refractivity contribution in [2.75, 3.05) is 18.5 Å². The zero-order valence-electron chi connectivity index (χ0n) is 10.2. The molecule has 2 rings (SSSR count). The van der Waals surface area contributed by atoms with Crippen molar-refractivity contribution in [1.29, 1.82) is 0 Å². The zero-order valence-corrected chi connectivity index (χ0v) is 10.2. The number of pyridine rings is 1. The second-order valence-corrected chi connectivity index (χ2v) is 4.15. The summed E-state index contributed by atoms with van der Waals surface area (Å²) in [6, 6.07) is 4.11. The van der Waals surface area contributed by atoms with Crippen molar-refractivity contribution < 1.29 is 9.53 Å². The Morgan fingerprint density at radius 1 is 1.53 bits per heavy atom. The van der Waals surface area contributed by atoms with E-state index in [-0.39, 0.29) is 5.97 Å². The maximum absolute atomic E-state index is 11.2. The monoisotopic (exact) mass is 234 g/mol. The number of ether oxygens (including phenoxy) is 1. The first-order valence-electron chi connectivity index (χ1n) is 6.18. The summed E-state index contributed by atoms with van der Waals surface area (Å²) in [5.74, 6) is 0.831. The van der Waals surface area contributed by atoms with E-state index >= 15 is 0 Å². The highest BCUT2D eigenvalue weighted by Gasteiger charge is 2.11. The molecule has 0 saturated carbocycles. The summed E-state index contributed by atoms with van der Waals surface area (Å²) in [5.41, 5.74) is 2.22. The van der Waals surface area contributed by atoms with Gasteiger partial charge in [0, 0.05) is 18.7 Å². The zero-order chi connectivity index (χ0) is 12.1. The van der Waals surface area contributed by atoms with Gasteiger partial charge in [-0.05, 0) is 31.4 Å². The molecule has 92 valence electrons. The molecule has 4 heteroatoms. The van der Waals surface area contributed by atoms with Gasteiger partial charge in [0.25, 0.3) is 0 Å². The molecule has 0 atom stereocenters. The lowest BCUT2D eigenvalue weighted by Gasteiger charge is -2.17. The Bertz CT molecular complexity index is 404. The lowest BCUT2D eigenvalue weighted by atomic mass is 10.1. The first-order chi connectivity index (χ1) is 8.29. The highest BCUT2D eigenvalue weighted by molar-refractivity contribution is 5.69. The van der Waals surface area contributed by atoms with Gasteiger partial charge < -0.3 is 10.1 Å². The summed E-state index contributed by atoms with van der Waals surface area (Å²) < 4.78 is 4.89. The van der Waals surface area contributed by atoms with Crippen LogP contribution >= 0.6 is 0 Å². The second kappa shape index (κ2) is 5.66. The Balaban J connectivity index is 1.95. The molecular formula is C13H18N2O2. The number of rotatable bonds is 4. The van der Waals surface area contributed by atoms with Gasteiger partial charge in [0.05, 0.1) is 13.0 Å². The number of nitrogens with zero attached hydrogens (tertiary/aromatic N) is 1. The van der Waals surface area contributed by atoms with Gasteiger partial charge in [-0.2, -0.15) is 0 Å². The number of fused-ring (bicyclic) bond motifs is 1. The molecule has 0 aliphatic carbocycles. The first kappa shape index (κ1) is 11.9. The van der Waals surface area contributed by atoms with Crippen molar-refractivity contribution in [1.82, 2.24) is 4.98 Å². The molecule has 1 aromatic rings. The molecule has 0 bridgehead atoms. The van der Waals surface area contributed by atoms with Crippen molar-refractivity contribution in [3.8, 4) is 0 Å². The van der Waals surface area contributed by atoms with Gasteiger partial charge in [-0.25, -0.2) is 4.98 Å². The number of esters is 1. The third-order valence-corrected chi connectivity index (χ3v) is 2.84. The van der Waals surface area contributed by atoms with Crippen LogP contribution in [-0.2, 0) is 22.4 Å². The van der Waals surface area contributed by atoms with Gasteiger partial charge in [0.2, 0.25) is 0 Å². The number of aryl methyl sites for hydroxylation is 2. The number of carbonyl (C=O) groups is 1. The van der Waals surface area contributed by atoms with E-state index < -0.39 is 0 Å². The van der Waals surface area contributed by atoms with Crippen LogP contribution < -0.4 is 5.32 Å². The molecule has 0 spiro atoms. The third-order valence-electron chi connectivity index (χ3n) is 2.84. The van der Waals surface area contributed by atoms with Crippen LogP contribution in [-0.4, -0.2) is 24.1 Å². The Labute approximate surface area is 101 Å². The summed E-state index contributed by atoms with van der Waals surface area (Å²) in [6.45, 7) is 3.25. The van der Waals surface area contributed by atoms with Gasteiger partial charge >= 0.3 is 5.97 Å². The van der Waals surface area contributed by atoms with Crippen LogP contribution in [0.2, 0.25) is 0 Å². The van der Waals surface area contributed by atoms with E-state index in [1.807, 2.05) is 13.0 Å². The molecule has 2 heterocycles. The van der Waals surface area contributed by atoms with E-state index in [4.69, 9.17) is 4.74 Å². The number of hydrogen-bond donors (Lipinski definition) is 1. The second-order valence-electron chi connectivity index (χ2n) is 4.15. The smallest absolute Gasteiger partial charge is 0.306 e. The fourth-order valence-electron chi connectivity index (χ4n) is 1.97. The van der Waals surface area contributed by atoms with Gasteiger partial charge in [-0.3, -0.25) is 4.79 Å². The molecule has 17 heavy (non-hydrogen) atoms. The first-order valence-corrected chi connectivity index (χ1v) is 6.18. The van der Waals surface area contributed by atoms with E-state index in [0.29, 0.717) is 19.4 Å². The van der Waals surface area contributed by atoms with E-state index in [2.05, 4.69) is 16.4 Å². The normalized spacial score (nSPS) is 13.7. The number of hydrogen-bond acceptors (Lipinski definition) is 4. The molecule has 0 fully saturated rings. The van der Waals surface area contributed by atoms with Crippen LogP contribution in [0.3, 0.4) is 0 Å². The highest BCUT2D eigenvalue weighted by atomic mass is 16.5. The predicted octanol–water partition coefficient (Wildman–Crippen LogP) is 1.94. The third kappa shape index (κ3) is 3.19. The minimum Gasteiger partial charge on any atom is -0.466 e. The Morgan fingerprint density at radius 3 is 3.24 bits per heavy atom. The molecule has 1 aliphatic rings. The molecule has 1 aromatic heterocycles. The standard InChI is InChI=1S/C13H18N2O2/c1-2-17-12(16)8-7-11-6-5-10-4-3-9-14-13(10)15-11/h5-6H,2-4,7-9H2,1H3,(H,14,15). The van der Waals surface area contributed by atoms with Gasteiger partial charge in [-0.1, -0.05) is 6.07 Å². The average molecular weight is 234 g/mol. The summed E-state index contributed by atoms with van der Waals surface area (Å²) in [6.07, 6.45) is 3.30. The van der Waals surface area contributed by atoms with Gasteiger partial charge in [-0.15, -0.1) is 0 Å². The summed E-state index contributed by atoms with van der Waals surface area (Å²) >= 11 is 0. The lowest BCUT2D eigenvalue weighted by Crippen LogP contribution is -2.14. The maximum atomic E-state index is 11.2. The van der Waals surface area contributed by atoms with E-state index in [0.717, 1.165) is 30.9 Å². The van der Waals surface area contributed by atoms with Gasteiger partial charge in [0.1, 0.15) is 5.82 Å². The van der Waals surface area contributed by atoms with Crippen molar-refractivity contribution in [2.45, 2.75) is 32.6 Å². The van der Waals surface area contributed by atoms with E-state index in [9.17, 15) is 4.79 Å². The quantitative estimate of drug-likeness (QED) is 0.809. The minimum atomic E-state index is -0.153. The number of carbonyl (C=O) groups excluding carboxylic acids is 1. The Hall–Kier alpha value is -1.58. The predicted molar refractivity (Wildman–Crippen MR) is 66.0 cm³/mol. The topological polar surface area (TPSA) is 51.2 Å². The molecule has 1 N–H and O–H groups in total. The lowest BCUT2D eigenvalue weighted by molar-refractivity contribution is -0.143. The summed E-state index contributed by atoms with van der Waals surface area (Å²) in [7, 11) is 0. The van der Waals surface area contributed by atoms with Crippen molar-refractivity contribution in [2.24, 2.45) is 0 Å². The number of nitrogens with one attached hydrogen (secondary N) is 1.